The minimum absolute atomic E-state index is 0.233. The van der Waals surface area contributed by atoms with Crippen molar-refractivity contribution in [1.82, 2.24) is 4.57 Å². The van der Waals surface area contributed by atoms with Gasteiger partial charge in [0.05, 0.1) is 34.6 Å². The second-order valence-corrected chi connectivity index (χ2v) is 11.5. The number of halogens is 1. The number of esters is 1. The average Bonchev–Trinajstić information content (AvgIpc) is 3.27. The first-order chi connectivity index (χ1) is 20.2. The van der Waals surface area contributed by atoms with Crippen molar-refractivity contribution in [3.63, 3.8) is 0 Å². The maximum absolute atomic E-state index is 13.9. The molecule has 1 aromatic heterocycles. The molecule has 5 rings (SSSR count). The number of allylic oxidation sites excluding steroid dienone is 1. The number of carbonyl (C=O) groups excluding carboxylic acids is 1. The Kier molecular flexibility index (Phi) is 8.94. The number of aromatic nitrogens is 1. The third-order valence-corrected chi connectivity index (χ3v) is 7.82. The van der Waals surface area contributed by atoms with Crippen molar-refractivity contribution in [3.05, 3.63) is 125 Å². The van der Waals surface area contributed by atoms with Crippen LogP contribution in [0.5, 0.6) is 11.5 Å². The number of nitrogens with zero attached hydrogens (tertiary/aromatic N) is 2. The van der Waals surface area contributed by atoms with Crippen LogP contribution in [0.4, 0.5) is 0 Å². The Labute approximate surface area is 253 Å². The number of hydrogen-bond acceptors (Lipinski definition) is 7. The Bertz CT molecular complexity index is 1790. The van der Waals surface area contributed by atoms with E-state index in [0.717, 1.165) is 16.7 Å². The second-order valence-electron chi connectivity index (χ2n) is 10.0. The summed E-state index contributed by atoms with van der Waals surface area (Å²) in [5, 5.41) is 0.682. The molecule has 4 aromatic rings. The van der Waals surface area contributed by atoms with E-state index < -0.39 is 12.0 Å². The van der Waals surface area contributed by atoms with Crippen LogP contribution in [0.15, 0.2) is 93.9 Å². The molecule has 2 heterocycles. The third-order valence-electron chi connectivity index (χ3n) is 6.59. The molecular weight excluding hydrogens is 572 g/mol. The molecule has 7 nitrogen and oxygen atoms in total. The van der Waals surface area contributed by atoms with Crippen LogP contribution < -0.4 is 24.4 Å². The Morgan fingerprint density at radius 1 is 1.00 bits per heavy atom. The molecule has 0 amide bonds. The van der Waals surface area contributed by atoms with E-state index in [9.17, 15) is 9.59 Å². The van der Waals surface area contributed by atoms with Gasteiger partial charge in [0, 0.05) is 5.02 Å². The summed E-state index contributed by atoms with van der Waals surface area (Å²) in [6.07, 6.45) is 1.51. The van der Waals surface area contributed by atoms with Gasteiger partial charge in [0.15, 0.2) is 4.80 Å². The van der Waals surface area contributed by atoms with Gasteiger partial charge in [0.1, 0.15) is 18.1 Å². The molecule has 1 atom stereocenters. The smallest absolute Gasteiger partial charge is 0.338 e. The van der Waals surface area contributed by atoms with Crippen LogP contribution in [-0.2, 0) is 16.1 Å². The summed E-state index contributed by atoms with van der Waals surface area (Å²) >= 11 is 7.24. The molecule has 0 N–H and O–H groups in total. The highest BCUT2D eigenvalue weighted by atomic mass is 35.5. The summed E-state index contributed by atoms with van der Waals surface area (Å²) in [6.45, 7) is 8.24. The van der Waals surface area contributed by atoms with Crippen molar-refractivity contribution in [2.45, 2.75) is 46.4 Å². The van der Waals surface area contributed by atoms with E-state index in [4.69, 9.17) is 25.8 Å². The average molecular weight is 603 g/mol. The van der Waals surface area contributed by atoms with Crippen LogP contribution in [0, 0.1) is 0 Å². The molecule has 1 aliphatic rings. The van der Waals surface area contributed by atoms with Gasteiger partial charge in [-0.05, 0) is 86.9 Å². The van der Waals surface area contributed by atoms with Crippen molar-refractivity contribution in [2.24, 2.45) is 4.99 Å². The van der Waals surface area contributed by atoms with Gasteiger partial charge < -0.3 is 14.2 Å². The minimum Gasteiger partial charge on any atom is -0.494 e. The second kappa shape index (κ2) is 12.8. The lowest BCUT2D eigenvalue weighted by molar-refractivity contribution is -0.143. The van der Waals surface area contributed by atoms with Crippen molar-refractivity contribution in [2.75, 3.05) is 6.61 Å². The number of hydrogen-bond donors (Lipinski definition) is 0. The lowest BCUT2D eigenvalue weighted by Gasteiger charge is -2.25. The van der Waals surface area contributed by atoms with E-state index in [1.807, 2.05) is 85.8 Å². The molecule has 0 saturated heterocycles. The molecule has 0 aliphatic carbocycles. The van der Waals surface area contributed by atoms with Crippen LogP contribution >= 0.6 is 22.9 Å². The number of fused-ring (bicyclic) bond motifs is 1. The number of rotatable bonds is 9. The zero-order chi connectivity index (χ0) is 29.8. The van der Waals surface area contributed by atoms with E-state index in [2.05, 4.69) is 4.99 Å². The number of thiazole rings is 1. The molecule has 0 saturated carbocycles. The molecule has 0 spiro atoms. The largest absolute Gasteiger partial charge is 0.494 e. The van der Waals surface area contributed by atoms with E-state index >= 15 is 0 Å². The van der Waals surface area contributed by atoms with E-state index in [-0.39, 0.29) is 11.7 Å². The summed E-state index contributed by atoms with van der Waals surface area (Å²) in [6, 6.07) is 21.8. The Morgan fingerprint density at radius 2 is 1.64 bits per heavy atom. The highest BCUT2D eigenvalue weighted by Crippen LogP contribution is 2.32. The summed E-state index contributed by atoms with van der Waals surface area (Å²) in [7, 11) is 0. The number of carbonyl (C=O) groups is 1. The summed E-state index contributed by atoms with van der Waals surface area (Å²) in [5.41, 5.74) is 3.25. The van der Waals surface area contributed by atoms with Gasteiger partial charge in [0.25, 0.3) is 5.56 Å². The van der Waals surface area contributed by atoms with Gasteiger partial charge >= 0.3 is 5.97 Å². The van der Waals surface area contributed by atoms with Crippen LogP contribution in [0.3, 0.4) is 0 Å². The molecule has 0 fully saturated rings. The van der Waals surface area contributed by atoms with E-state index in [0.29, 0.717) is 50.3 Å². The zero-order valence-corrected chi connectivity index (χ0v) is 25.4. The fourth-order valence-corrected chi connectivity index (χ4v) is 5.82. The van der Waals surface area contributed by atoms with Gasteiger partial charge in [-0.25, -0.2) is 9.79 Å². The number of ether oxygens (including phenoxy) is 3. The Balaban J connectivity index is 1.49. The molecule has 0 radical (unpaired) electrons. The fourth-order valence-electron chi connectivity index (χ4n) is 4.65. The maximum Gasteiger partial charge on any atom is 0.338 e. The lowest BCUT2D eigenvalue weighted by Crippen LogP contribution is -2.40. The minimum atomic E-state index is -0.686. The van der Waals surface area contributed by atoms with Crippen LogP contribution in [-0.4, -0.2) is 23.2 Å². The molecule has 0 bridgehead atoms. The highest BCUT2D eigenvalue weighted by molar-refractivity contribution is 7.07. The first-order valence-electron chi connectivity index (χ1n) is 13.7. The fraction of sp³-hybridized carbons (Fsp3) is 0.242. The van der Waals surface area contributed by atoms with E-state index in [1.165, 1.54) is 11.3 Å². The van der Waals surface area contributed by atoms with Crippen LogP contribution in [0.2, 0.25) is 5.02 Å². The van der Waals surface area contributed by atoms with Crippen LogP contribution in [0.1, 0.15) is 50.4 Å². The predicted octanol–water partition coefficient (Wildman–Crippen LogP) is 5.82. The predicted molar refractivity (Wildman–Crippen MR) is 165 cm³/mol. The van der Waals surface area contributed by atoms with Crippen molar-refractivity contribution in [3.8, 4) is 11.5 Å². The standard InChI is InChI=1S/C33H31ClN2O5S/c1-5-39-26-16-10-24(11-17-26)30-29(32(38)41-20(2)3)21(4)35-33-36(30)31(37)28(42-33)18-22-8-14-27(15-9-22)40-19-23-6-12-25(34)13-7-23/h6-18,20,30H,5,19H2,1-4H3/b28-18+/t30-/m0/s1. The summed E-state index contributed by atoms with van der Waals surface area (Å²) in [4.78, 5) is 32.3. The first-order valence-corrected chi connectivity index (χ1v) is 14.9. The number of benzene rings is 3. The Hall–Kier alpha value is -4.14. The zero-order valence-electron chi connectivity index (χ0n) is 23.8. The van der Waals surface area contributed by atoms with Gasteiger partial charge in [-0.15, -0.1) is 0 Å². The quantitative estimate of drug-likeness (QED) is 0.226. The van der Waals surface area contributed by atoms with Crippen LogP contribution in [0.25, 0.3) is 6.08 Å². The first kappa shape index (κ1) is 29.4. The third kappa shape index (κ3) is 6.50. The normalized spacial score (nSPS) is 14.9. The Morgan fingerprint density at radius 3 is 2.29 bits per heavy atom. The van der Waals surface area contributed by atoms with Gasteiger partial charge in [-0.2, -0.15) is 0 Å². The lowest BCUT2D eigenvalue weighted by atomic mass is 9.96. The van der Waals surface area contributed by atoms with Crippen molar-refractivity contribution < 1.29 is 19.0 Å². The molecule has 42 heavy (non-hydrogen) atoms. The molecule has 0 unspecified atom stereocenters. The molecule has 1 aliphatic heterocycles. The topological polar surface area (TPSA) is 79.1 Å². The molecule has 9 heteroatoms. The molecule has 3 aromatic carbocycles. The van der Waals surface area contributed by atoms with Crippen molar-refractivity contribution in [1.29, 1.82) is 0 Å². The van der Waals surface area contributed by atoms with Gasteiger partial charge in [0.2, 0.25) is 0 Å². The summed E-state index contributed by atoms with van der Waals surface area (Å²) in [5.74, 6) is 0.929. The van der Waals surface area contributed by atoms with E-state index in [1.54, 1.807) is 25.3 Å². The van der Waals surface area contributed by atoms with Crippen molar-refractivity contribution >= 4 is 35.0 Å². The van der Waals surface area contributed by atoms with Gasteiger partial charge in [-0.3, -0.25) is 9.36 Å². The van der Waals surface area contributed by atoms with Gasteiger partial charge in [-0.1, -0.05) is 59.3 Å². The molecule has 216 valence electrons. The maximum atomic E-state index is 13.9. The summed E-state index contributed by atoms with van der Waals surface area (Å²) < 4.78 is 19.2. The molecular formula is C33H31ClN2O5S. The monoisotopic (exact) mass is 602 g/mol. The highest BCUT2D eigenvalue weighted by Gasteiger charge is 2.33. The SMILES string of the molecule is CCOc1ccc([C@H]2C(C(=O)OC(C)C)=C(C)N=c3s/c(=C/c4ccc(OCc5ccc(Cl)cc5)cc4)c(=O)n32)cc1.